The number of hydrogen-bond acceptors (Lipinski definition) is 5. The van der Waals surface area contributed by atoms with E-state index in [0.717, 1.165) is 28.3 Å². The number of para-hydroxylation sites is 1. The molecule has 0 bridgehead atoms. The van der Waals surface area contributed by atoms with Crippen molar-refractivity contribution < 1.29 is 14.4 Å². The van der Waals surface area contributed by atoms with Gasteiger partial charge in [0.1, 0.15) is 24.2 Å². The minimum absolute atomic E-state index is 0.0689. The number of aromatic nitrogens is 1. The lowest BCUT2D eigenvalue weighted by Gasteiger charge is -2.18. The summed E-state index contributed by atoms with van der Waals surface area (Å²) >= 11 is 0. The van der Waals surface area contributed by atoms with E-state index in [1.54, 1.807) is 0 Å². The van der Waals surface area contributed by atoms with Crippen molar-refractivity contribution in [3.05, 3.63) is 46.8 Å². The van der Waals surface area contributed by atoms with E-state index in [1.165, 1.54) is 0 Å². The van der Waals surface area contributed by atoms with Gasteiger partial charge in [0.2, 0.25) is 0 Å². The maximum Gasteiger partial charge on any atom is 0.138 e. The molecule has 0 radical (unpaired) electrons. The predicted molar refractivity (Wildman–Crippen MR) is 85.1 cm³/mol. The van der Waals surface area contributed by atoms with E-state index >= 15 is 0 Å². The molecule has 0 aliphatic carbocycles. The van der Waals surface area contributed by atoms with Gasteiger partial charge in [0.15, 0.2) is 0 Å². The van der Waals surface area contributed by atoms with E-state index in [9.17, 15) is 5.11 Å². The smallest absolute Gasteiger partial charge is 0.138 e. The van der Waals surface area contributed by atoms with Gasteiger partial charge in [-0.1, -0.05) is 23.4 Å². The van der Waals surface area contributed by atoms with Crippen molar-refractivity contribution in [2.24, 2.45) is 0 Å². The highest BCUT2D eigenvalue weighted by Crippen LogP contribution is 2.21. The van der Waals surface area contributed by atoms with Gasteiger partial charge in [-0.05, 0) is 39.3 Å². The number of hydrogen-bond donors (Lipinski definition) is 2. The van der Waals surface area contributed by atoms with Crippen molar-refractivity contribution in [1.29, 1.82) is 0 Å². The maximum atomic E-state index is 10.1. The van der Waals surface area contributed by atoms with Crippen molar-refractivity contribution >= 4 is 0 Å². The first-order valence-electron chi connectivity index (χ1n) is 7.51. The first kappa shape index (κ1) is 16.5. The second-order valence-electron chi connectivity index (χ2n) is 5.60. The van der Waals surface area contributed by atoms with E-state index in [1.807, 2.05) is 52.0 Å². The highest BCUT2D eigenvalue weighted by atomic mass is 16.5. The molecule has 0 spiro atoms. The first-order chi connectivity index (χ1) is 10.5. The van der Waals surface area contributed by atoms with Gasteiger partial charge >= 0.3 is 0 Å². The van der Waals surface area contributed by atoms with Crippen LogP contribution in [0.1, 0.15) is 35.5 Å². The van der Waals surface area contributed by atoms with E-state index in [2.05, 4.69) is 10.5 Å². The molecule has 5 nitrogen and oxygen atoms in total. The third kappa shape index (κ3) is 4.08. The summed E-state index contributed by atoms with van der Waals surface area (Å²) in [5.74, 6) is 1.61. The summed E-state index contributed by atoms with van der Waals surface area (Å²) < 4.78 is 10.8. The summed E-state index contributed by atoms with van der Waals surface area (Å²) in [4.78, 5) is 0. The van der Waals surface area contributed by atoms with Crippen molar-refractivity contribution in [1.82, 2.24) is 10.5 Å². The van der Waals surface area contributed by atoms with Crippen LogP contribution in [0.3, 0.4) is 0 Å². The lowest BCUT2D eigenvalue weighted by molar-refractivity contribution is 0.104. The Labute approximate surface area is 131 Å². The molecule has 0 amide bonds. The Morgan fingerprint density at radius 1 is 1.27 bits per heavy atom. The summed E-state index contributed by atoms with van der Waals surface area (Å²) in [7, 11) is 0. The Morgan fingerprint density at radius 3 is 2.64 bits per heavy atom. The molecular weight excluding hydrogens is 280 g/mol. The summed E-state index contributed by atoms with van der Waals surface area (Å²) in [5.41, 5.74) is 2.99. The van der Waals surface area contributed by atoms with Crippen molar-refractivity contribution in [2.75, 3.05) is 13.2 Å². The zero-order valence-corrected chi connectivity index (χ0v) is 13.6. The summed E-state index contributed by atoms with van der Waals surface area (Å²) in [5, 5.41) is 17.3. The predicted octanol–water partition coefficient (Wildman–Crippen LogP) is 2.69. The number of nitrogens with one attached hydrogen (secondary N) is 1. The van der Waals surface area contributed by atoms with Gasteiger partial charge in [0.05, 0.1) is 5.69 Å². The molecule has 0 fully saturated rings. The van der Waals surface area contributed by atoms with Gasteiger partial charge in [-0.2, -0.15) is 0 Å². The number of aliphatic hydroxyl groups excluding tert-OH is 1. The number of rotatable bonds is 7. The average Bonchev–Trinajstić information content (AvgIpc) is 2.83. The zero-order chi connectivity index (χ0) is 16.1. The zero-order valence-electron chi connectivity index (χ0n) is 13.6. The summed E-state index contributed by atoms with van der Waals surface area (Å²) in [6, 6.07) is 7.85. The van der Waals surface area contributed by atoms with E-state index in [-0.39, 0.29) is 12.6 Å². The Hall–Kier alpha value is -1.85. The fourth-order valence-electron chi connectivity index (χ4n) is 2.49. The van der Waals surface area contributed by atoms with Crippen molar-refractivity contribution in [3.63, 3.8) is 0 Å². The van der Waals surface area contributed by atoms with Gasteiger partial charge in [-0.25, -0.2) is 0 Å². The number of benzene rings is 1. The fourth-order valence-corrected chi connectivity index (χ4v) is 2.49. The van der Waals surface area contributed by atoms with Crippen LogP contribution in [-0.4, -0.2) is 29.5 Å². The molecule has 2 aromatic rings. The molecule has 2 rings (SSSR count). The van der Waals surface area contributed by atoms with E-state index < -0.39 is 6.10 Å². The van der Waals surface area contributed by atoms with Crippen LogP contribution < -0.4 is 10.1 Å². The van der Waals surface area contributed by atoms with Crippen LogP contribution in [0.5, 0.6) is 5.75 Å². The first-order valence-corrected chi connectivity index (χ1v) is 7.51. The van der Waals surface area contributed by atoms with Crippen LogP contribution in [0.2, 0.25) is 0 Å². The second-order valence-corrected chi connectivity index (χ2v) is 5.60. The van der Waals surface area contributed by atoms with Gasteiger partial charge in [-0.15, -0.1) is 0 Å². The van der Waals surface area contributed by atoms with Gasteiger partial charge in [-0.3, -0.25) is 0 Å². The number of nitrogens with zero attached hydrogens (tertiary/aromatic N) is 1. The molecule has 0 saturated carbocycles. The van der Waals surface area contributed by atoms with Crippen LogP contribution in [-0.2, 0) is 0 Å². The number of ether oxygens (including phenoxy) is 1. The van der Waals surface area contributed by atoms with Gasteiger partial charge in [0, 0.05) is 18.2 Å². The quantitative estimate of drug-likeness (QED) is 0.823. The molecule has 1 aromatic heterocycles. The third-order valence-corrected chi connectivity index (χ3v) is 3.71. The van der Waals surface area contributed by atoms with Crippen molar-refractivity contribution in [2.45, 2.75) is 39.8 Å². The second kappa shape index (κ2) is 7.42. The molecule has 120 valence electrons. The molecule has 22 heavy (non-hydrogen) atoms. The fraction of sp³-hybridized carbons (Fsp3) is 0.471. The van der Waals surface area contributed by atoms with E-state index in [0.29, 0.717) is 6.54 Å². The lowest BCUT2D eigenvalue weighted by atomic mass is 10.1. The Balaban J connectivity index is 1.80. The molecule has 5 heteroatoms. The molecule has 0 unspecified atom stereocenters. The Kier molecular flexibility index (Phi) is 5.57. The van der Waals surface area contributed by atoms with Gasteiger partial charge < -0.3 is 19.7 Å². The van der Waals surface area contributed by atoms with Crippen LogP contribution in [0.4, 0.5) is 0 Å². The topological polar surface area (TPSA) is 67.5 Å². The summed E-state index contributed by atoms with van der Waals surface area (Å²) in [6.07, 6.45) is -0.581. The Morgan fingerprint density at radius 2 is 2.00 bits per heavy atom. The molecule has 1 heterocycles. The molecule has 2 N–H and O–H groups in total. The highest BCUT2D eigenvalue weighted by Gasteiger charge is 2.17. The molecular formula is C17H24N2O3. The third-order valence-electron chi connectivity index (χ3n) is 3.71. The molecule has 0 saturated heterocycles. The minimum atomic E-state index is -0.581. The summed E-state index contributed by atoms with van der Waals surface area (Å²) in [6.45, 7) is 8.52. The van der Waals surface area contributed by atoms with Crippen LogP contribution in [0, 0.1) is 20.8 Å². The average molecular weight is 304 g/mol. The Bertz CT molecular complexity index is 590. The van der Waals surface area contributed by atoms with Gasteiger partial charge in [0.25, 0.3) is 0 Å². The standard InChI is InChI=1S/C17H24N2O3/c1-11-7-5-6-8-16(11)21-10-15(20)9-18-12(2)17-13(3)19-22-14(17)4/h5-8,12,15,18,20H,9-10H2,1-4H3/t12-,15+/m0/s1. The maximum absolute atomic E-state index is 10.1. The van der Waals surface area contributed by atoms with Crippen LogP contribution in [0.25, 0.3) is 0 Å². The lowest BCUT2D eigenvalue weighted by Crippen LogP contribution is -2.33. The van der Waals surface area contributed by atoms with Crippen LogP contribution >= 0.6 is 0 Å². The molecule has 2 atom stereocenters. The molecule has 0 aliphatic heterocycles. The number of aryl methyl sites for hydroxylation is 3. The highest BCUT2D eigenvalue weighted by molar-refractivity contribution is 5.31. The monoisotopic (exact) mass is 304 g/mol. The molecule has 1 aromatic carbocycles. The normalized spacial score (nSPS) is 13.9. The van der Waals surface area contributed by atoms with E-state index in [4.69, 9.17) is 9.26 Å². The largest absolute Gasteiger partial charge is 0.491 e. The van der Waals surface area contributed by atoms with Crippen molar-refractivity contribution in [3.8, 4) is 5.75 Å². The number of aliphatic hydroxyl groups is 1. The SMILES string of the molecule is Cc1ccccc1OC[C@H](O)CN[C@@H](C)c1c(C)noc1C. The van der Waals surface area contributed by atoms with Crippen LogP contribution in [0.15, 0.2) is 28.8 Å². The molecule has 0 aliphatic rings. The minimum Gasteiger partial charge on any atom is -0.491 e.